The number of hydrogen-bond donors (Lipinski definition) is 2. The molecule has 0 bridgehead atoms. The number of rotatable bonds is 5. The van der Waals surface area contributed by atoms with Crippen molar-refractivity contribution in [2.24, 2.45) is 0 Å². The van der Waals surface area contributed by atoms with Crippen LogP contribution in [0, 0.1) is 0 Å². The Morgan fingerprint density at radius 2 is 1.70 bits per heavy atom. The van der Waals surface area contributed by atoms with Crippen molar-refractivity contribution in [2.75, 3.05) is 27.7 Å². The molecule has 1 aliphatic heterocycles. The van der Waals surface area contributed by atoms with Crippen LogP contribution in [0.2, 0.25) is 0 Å². The van der Waals surface area contributed by atoms with Crippen molar-refractivity contribution in [2.45, 2.75) is 6.42 Å². The van der Waals surface area contributed by atoms with Gasteiger partial charge in [-0.15, -0.1) is 11.3 Å². The van der Waals surface area contributed by atoms with Gasteiger partial charge < -0.3 is 10.6 Å². The molecule has 0 unspecified atom stereocenters. The van der Waals surface area contributed by atoms with Gasteiger partial charge in [0.2, 0.25) is 10.0 Å². The zero-order valence-corrected chi connectivity index (χ0v) is 17.7. The predicted octanol–water partition coefficient (Wildman–Crippen LogP) is 3.57. The smallest absolute Gasteiger partial charge is 0.265 e. The number of benzene rings is 2. The van der Waals surface area contributed by atoms with E-state index in [2.05, 4.69) is 10.6 Å². The van der Waals surface area contributed by atoms with Crippen LogP contribution in [0.1, 0.15) is 25.6 Å². The molecular formula is C21H19N3O4S2. The third-order valence-electron chi connectivity index (χ3n) is 4.72. The van der Waals surface area contributed by atoms with Crippen molar-refractivity contribution in [3.8, 4) is 0 Å². The van der Waals surface area contributed by atoms with E-state index in [4.69, 9.17) is 0 Å². The average Bonchev–Trinajstić information content (AvgIpc) is 3.37. The van der Waals surface area contributed by atoms with Crippen molar-refractivity contribution in [1.29, 1.82) is 0 Å². The molecule has 1 aliphatic rings. The molecule has 0 fully saturated rings. The van der Waals surface area contributed by atoms with E-state index in [0.29, 0.717) is 40.5 Å². The van der Waals surface area contributed by atoms with Gasteiger partial charge in [0.15, 0.2) is 0 Å². The molecule has 0 aliphatic carbocycles. The quantitative estimate of drug-likeness (QED) is 0.633. The van der Waals surface area contributed by atoms with Gasteiger partial charge in [0.1, 0.15) is 0 Å². The highest BCUT2D eigenvalue weighted by atomic mass is 32.2. The maximum Gasteiger partial charge on any atom is 0.265 e. The van der Waals surface area contributed by atoms with Gasteiger partial charge in [-0.2, -0.15) is 0 Å². The fourth-order valence-electron chi connectivity index (χ4n) is 3.34. The van der Waals surface area contributed by atoms with E-state index in [9.17, 15) is 18.0 Å². The Balaban J connectivity index is 1.48. The van der Waals surface area contributed by atoms with Gasteiger partial charge in [-0.3, -0.25) is 13.9 Å². The Morgan fingerprint density at radius 1 is 0.967 bits per heavy atom. The summed E-state index contributed by atoms with van der Waals surface area (Å²) in [6, 6.07) is 15.4. The van der Waals surface area contributed by atoms with E-state index in [0.717, 1.165) is 5.56 Å². The van der Waals surface area contributed by atoms with Gasteiger partial charge in [0.05, 0.1) is 16.8 Å². The summed E-state index contributed by atoms with van der Waals surface area (Å²) in [6.07, 6.45) is 1.74. The highest BCUT2D eigenvalue weighted by molar-refractivity contribution is 7.92. The molecule has 2 amide bonds. The largest absolute Gasteiger partial charge is 0.322 e. The molecule has 0 atom stereocenters. The van der Waals surface area contributed by atoms with Gasteiger partial charge in [-0.1, -0.05) is 12.1 Å². The van der Waals surface area contributed by atoms with Crippen LogP contribution in [-0.2, 0) is 16.4 Å². The first-order chi connectivity index (χ1) is 14.3. The second-order valence-electron chi connectivity index (χ2n) is 6.89. The molecule has 0 saturated carbocycles. The fourth-order valence-corrected chi connectivity index (χ4v) is 4.91. The van der Waals surface area contributed by atoms with Crippen LogP contribution in [0.3, 0.4) is 0 Å². The Morgan fingerprint density at radius 3 is 2.37 bits per heavy atom. The fraction of sp³-hybridized carbons (Fsp3) is 0.143. The standard InChI is InChI=1S/C21H19N3O4S2/c1-30(27,28)24-10-9-14-12-15(7-8-18(14)24)20(25)22-16-4-2-5-17(13-16)23-21(26)19-6-3-11-29-19/h2-8,11-13H,9-10H2,1H3,(H,22,25)(H,23,26). The summed E-state index contributed by atoms with van der Waals surface area (Å²) in [4.78, 5) is 25.5. The second kappa shape index (κ2) is 7.92. The Labute approximate surface area is 178 Å². The van der Waals surface area contributed by atoms with Gasteiger partial charge in [-0.25, -0.2) is 8.42 Å². The minimum absolute atomic E-state index is 0.206. The maximum atomic E-state index is 12.7. The Hall–Kier alpha value is -3.17. The van der Waals surface area contributed by atoms with E-state index >= 15 is 0 Å². The topological polar surface area (TPSA) is 95.6 Å². The molecule has 2 aromatic carbocycles. The van der Waals surface area contributed by atoms with Crippen LogP contribution < -0.4 is 14.9 Å². The molecule has 2 heterocycles. The number of nitrogens with zero attached hydrogens (tertiary/aromatic N) is 1. The minimum atomic E-state index is -3.33. The predicted molar refractivity (Wildman–Crippen MR) is 119 cm³/mol. The van der Waals surface area contributed by atoms with Gasteiger partial charge in [-0.05, 0) is 59.8 Å². The first-order valence-electron chi connectivity index (χ1n) is 9.18. The summed E-state index contributed by atoms with van der Waals surface area (Å²) in [5.41, 5.74) is 3.00. The molecule has 2 N–H and O–H groups in total. The summed E-state index contributed by atoms with van der Waals surface area (Å²) in [5.74, 6) is -0.514. The number of nitrogens with one attached hydrogen (secondary N) is 2. The van der Waals surface area contributed by atoms with Gasteiger partial charge in [0.25, 0.3) is 11.8 Å². The molecule has 0 radical (unpaired) electrons. The van der Waals surface area contributed by atoms with E-state index in [-0.39, 0.29) is 11.8 Å². The van der Waals surface area contributed by atoms with Crippen molar-refractivity contribution < 1.29 is 18.0 Å². The van der Waals surface area contributed by atoms with E-state index in [1.165, 1.54) is 21.9 Å². The first-order valence-corrected chi connectivity index (χ1v) is 11.9. The third-order valence-corrected chi connectivity index (χ3v) is 6.77. The summed E-state index contributed by atoms with van der Waals surface area (Å²) in [5, 5.41) is 7.46. The number of carbonyl (C=O) groups excluding carboxylic acids is 2. The molecule has 4 rings (SSSR count). The summed E-state index contributed by atoms with van der Waals surface area (Å²) < 4.78 is 25.1. The van der Waals surface area contributed by atoms with Gasteiger partial charge >= 0.3 is 0 Å². The van der Waals surface area contributed by atoms with E-state index < -0.39 is 10.0 Å². The van der Waals surface area contributed by atoms with Gasteiger partial charge in [0, 0.05) is 23.5 Å². The Bertz CT molecular complexity index is 1220. The van der Waals surface area contributed by atoms with Crippen LogP contribution in [0.25, 0.3) is 0 Å². The van der Waals surface area contributed by atoms with Crippen molar-refractivity contribution in [1.82, 2.24) is 0 Å². The lowest BCUT2D eigenvalue weighted by Gasteiger charge is -2.16. The van der Waals surface area contributed by atoms with Crippen LogP contribution in [0.4, 0.5) is 17.1 Å². The van der Waals surface area contributed by atoms with E-state index in [1.807, 2.05) is 11.4 Å². The molecule has 30 heavy (non-hydrogen) atoms. The summed E-state index contributed by atoms with van der Waals surface area (Å²) >= 11 is 1.35. The number of thiophene rings is 1. The van der Waals surface area contributed by atoms with Crippen LogP contribution >= 0.6 is 11.3 Å². The normalized spacial score (nSPS) is 13.0. The Kier molecular flexibility index (Phi) is 5.31. The number of amides is 2. The molecule has 9 heteroatoms. The molecule has 3 aromatic rings. The van der Waals surface area contributed by atoms with Crippen molar-refractivity contribution in [3.05, 3.63) is 76.0 Å². The molecule has 0 spiro atoms. The van der Waals surface area contributed by atoms with Crippen molar-refractivity contribution in [3.63, 3.8) is 0 Å². The lowest BCUT2D eigenvalue weighted by atomic mass is 10.1. The van der Waals surface area contributed by atoms with E-state index in [1.54, 1.807) is 48.5 Å². The molecular weight excluding hydrogens is 422 g/mol. The number of sulfonamides is 1. The zero-order chi connectivity index (χ0) is 21.3. The van der Waals surface area contributed by atoms with Crippen LogP contribution in [0.15, 0.2) is 60.0 Å². The lowest BCUT2D eigenvalue weighted by Crippen LogP contribution is -2.27. The van der Waals surface area contributed by atoms with Crippen LogP contribution in [-0.4, -0.2) is 33.0 Å². The average molecular weight is 442 g/mol. The first kappa shape index (κ1) is 20.1. The maximum absolute atomic E-state index is 12.7. The molecule has 154 valence electrons. The molecule has 0 saturated heterocycles. The SMILES string of the molecule is CS(=O)(=O)N1CCc2cc(C(=O)Nc3cccc(NC(=O)c4cccs4)c3)ccc21. The lowest BCUT2D eigenvalue weighted by molar-refractivity contribution is 0.102. The third kappa shape index (κ3) is 4.22. The van der Waals surface area contributed by atoms with Crippen LogP contribution in [0.5, 0.6) is 0 Å². The monoisotopic (exact) mass is 441 g/mol. The molecule has 7 nitrogen and oxygen atoms in total. The zero-order valence-electron chi connectivity index (χ0n) is 16.1. The number of carbonyl (C=O) groups is 2. The number of hydrogen-bond acceptors (Lipinski definition) is 5. The number of anilines is 3. The molecule has 1 aromatic heterocycles. The minimum Gasteiger partial charge on any atom is -0.322 e. The summed E-state index contributed by atoms with van der Waals surface area (Å²) in [6.45, 7) is 0.380. The second-order valence-corrected chi connectivity index (χ2v) is 9.75. The highest BCUT2D eigenvalue weighted by Gasteiger charge is 2.26. The number of fused-ring (bicyclic) bond motifs is 1. The van der Waals surface area contributed by atoms with Crippen molar-refractivity contribution >= 4 is 50.2 Å². The highest BCUT2D eigenvalue weighted by Crippen LogP contribution is 2.31. The summed E-state index contributed by atoms with van der Waals surface area (Å²) in [7, 11) is -3.33.